The highest BCUT2D eigenvalue weighted by Gasteiger charge is 2.47. The van der Waals surface area contributed by atoms with Gasteiger partial charge in [-0.05, 0) is 50.8 Å². The van der Waals surface area contributed by atoms with Crippen LogP contribution >= 0.6 is 0 Å². The first-order valence-corrected chi connectivity index (χ1v) is 7.25. The molecule has 1 aliphatic heterocycles. The smallest absolute Gasteiger partial charge is 0.324 e. The summed E-state index contributed by atoms with van der Waals surface area (Å²) in [5.41, 5.74) is -0.118. The number of carbonyl (C=O) groups is 1. The quantitative estimate of drug-likeness (QED) is 0.900. The highest BCUT2D eigenvalue weighted by atomic mass is 19.1. The number of carboxylic acids is 1. The van der Waals surface area contributed by atoms with Crippen LogP contribution in [0.4, 0.5) is 4.39 Å². The molecule has 0 radical (unpaired) electrons. The van der Waals surface area contributed by atoms with Crippen molar-refractivity contribution in [2.45, 2.75) is 51.1 Å². The number of likely N-dealkylation sites (tertiary alicyclic amines) is 1. The minimum absolute atomic E-state index is 0.0189. The molecule has 1 aromatic rings. The van der Waals surface area contributed by atoms with Gasteiger partial charge in [-0.2, -0.15) is 0 Å². The minimum Gasteiger partial charge on any atom is -0.480 e. The highest BCUT2D eigenvalue weighted by molar-refractivity contribution is 5.79. The first kappa shape index (κ1) is 15.0. The summed E-state index contributed by atoms with van der Waals surface area (Å²) in [6, 6.07) is 6.74. The van der Waals surface area contributed by atoms with E-state index in [0.29, 0.717) is 24.8 Å². The molecule has 0 spiro atoms. The molecule has 0 aliphatic carbocycles. The van der Waals surface area contributed by atoms with Gasteiger partial charge in [0.1, 0.15) is 11.4 Å². The van der Waals surface area contributed by atoms with Crippen LogP contribution in [0.2, 0.25) is 0 Å². The normalized spacial score (nSPS) is 24.8. The van der Waals surface area contributed by atoms with Crippen LogP contribution in [-0.2, 0) is 11.2 Å². The van der Waals surface area contributed by atoms with Gasteiger partial charge in [-0.25, -0.2) is 4.39 Å². The molecule has 20 heavy (non-hydrogen) atoms. The third-order valence-corrected chi connectivity index (χ3v) is 4.53. The van der Waals surface area contributed by atoms with Gasteiger partial charge < -0.3 is 5.11 Å². The van der Waals surface area contributed by atoms with Crippen LogP contribution in [0, 0.1) is 5.82 Å². The zero-order valence-corrected chi connectivity index (χ0v) is 12.1. The maximum Gasteiger partial charge on any atom is 0.324 e. The van der Waals surface area contributed by atoms with E-state index in [0.717, 1.165) is 13.0 Å². The Morgan fingerprint density at radius 1 is 1.50 bits per heavy atom. The monoisotopic (exact) mass is 279 g/mol. The molecule has 3 nitrogen and oxygen atoms in total. The number of hydrogen-bond acceptors (Lipinski definition) is 2. The first-order valence-electron chi connectivity index (χ1n) is 7.25. The molecule has 0 amide bonds. The summed E-state index contributed by atoms with van der Waals surface area (Å²) in [6.45, 7) is 4.68. The molecule has 1 heterocycles. The second-order valence-electron chi connectivity index (χ2n) is 5.63. The van der Waals surface area contributed by atoms with Crippen molar-refractivity contribution in [3.8, 4) is 0 Å². The Hall–Kier alpha value is -1.42. The molecular weight excluding hydrogens is 257 g/mol. The maximum absolute atomic E-state index is 13.7. The number of benzene rings is 1. The van der Waals surface area contributed by atoms with Crippen molar-refractivity contribution in [3.63, 3.8) is 0 Å². The largest absolute Gasteiger partial charge is 0.480 e. The summed E-state index contributed by atoms with van der Waals surface area (Å²) in [7, 11) is 0. The number of aliphatic carboxylic acids is 1. The van der Waals surface area contributed by atoms with Gasteiger partial charge in [0.2, 0.25) is 0 Å². The van der Waals surface area contributed by atoms with Crippen molar-refractivity contribution in [3.05, 3.63) is 35.6 Å². The molecule has 1 fully saturated rings. The number of hydrogen-bond donors (Lipinski definition) is 1. The molecule has 4 heteroatoms. The Labute approximate surface area is 119 Å². The molecule has 1 N–H and O–H groups in total. The summed E-state index contributed by atoms with van der Waals surface area (Å²) in [6.07, 6.45) is 2.70. The molecule has 0 bridgehead atoms. The Bertz CT molecular complexity index is 491. The lowest BCUT2D eigenvalue weighted by Crippen LogP contribution is -2.54. The van der Waals surface area contributed by atoms with Crippen LogP contribution in [0.3, 0.4) is 0 Å². The van der Waals surface area contributed by atoms with Gasteiger partial charge in [0.25, 0.3) is 0 Å². The molecule has 1 aromatic carbocycles. The van der Waals surface area contributed by atoms with E-state index in [1.165, 1.54) is 6.07 Å². The zero-order valence-electron chi connectivity index (χ0n) is 12.1. The molecule has 0 aromatic heterocycles. The fourth-order valence-electron chi connectivity index (χ4n) is 3.39. The highest BCUT2D eigenvalue weighted by Crippen LogP contribution is 2.35. The van der Waals surface area contributed by atoms with Gasteiger partial charge in [-0.1, -0.05) is 25.1 Å². The van der Waals surface area contributed by atoms with E-state index in [2.05, 4.69) is 0 Å². The Morgan fingerprint density at radius 2 is 2.20 bits per heavy atom. The molecular formula is C16H22FNO2. The van der Waals surface area contributed by atoms with Gasteiger partial charge in [0.05, 0.1) is 0 Å². The van der Waals surface area contributed by atoms with E-state index in [-0.39, 0.29) is 11.9 Å². The van der Waals surface area contributed by atoms with Crippen molar-refractivity contribution in [2.24, 2.45) is 0 Å². The summed E-state index contributed by atoms with van der Waals surface area (Å²) in [5, 5.41) is 9.59. The third kappa shape index (κ3) is 2.57. The summed E-state index contributed by atoms with van der Waals surface area (Å²) >= 11 is 0. The van der Waals surface area contributed by atoms with Crippen molar-refractivity contribution in [1.82, 2.24) is 4.90 Å². The second-order valence-corrected chi connectivity index (χ2v) is 5.63. The van der Waals surface area contributed by atoms with E-state index in [1.807, 2.05) is 24.8 Å². The Morgan fingerprint density at radius 3 is 2.80 bits per heavy atom. The number of rotatable bonds is 5. The number of carboxylic acid groups (broad SMARTS) is 1. The average Bonchev–Trinajstić information content (AvgIpc) is 2.86. The summed E-state index contributed by atoms with van der Waals surface area (Å²) in [4.78, 5) is 13.7. The predicted molar refractivity (Wildman–Crippen MR) is 76.2 cm³/mol. The predicted octanol–water partition coefficient (Wildman–Crippen LogP) is 3.09. The van der Waals surface area contributed by atoms with Crippen LogP contribution in [0.25, 0.3) is 0 Å². The fourth-order valence-corrected chi connectivity index (χ4v) is 3.39. The van der Waals surface area contributed by atoms with Gasteiger partial charge in [-0.15, -0.1) is 0 Å². The van der Waals surface area contributed by atoms with E-state index in [1.54, 1.807) is 12.1 Å². The maximum atomic E-state index is 13.7. The molecule has 2 unspecified atom stereocenters. The third-order valence-electron chi connectivity index (χ3n) is 4.53. The molecule has 1 saturated heterocycles. The topological polar surface area (TPSA) is 40.5 Å². The Balaban J connectivity index is 2.18. The molecule has 2 atom stereocenters. The summed E-state index contributed by atoms with van der Waals surface area (Å²) in [5.74, 6) is -0.964. The van der Waals surface area contributed by atoms with Crippen LogP contribution in [-0.4, -0.2) is 34.1 Å². The van der Waals surface area contributed by atoms with Crippen LogP contribution in [0.15, 0.2) is 24.3 Å². The van der Waals surface area contributed by atoms with Crippen LogP contribution < -0.4 is 0 Å². The number of halogens is 1. The van der Waals surface area contributed by atoms with Gasteiger partial charge in [0.15, 0.2) is 0 Å². The molecule has 2 rings (SSSR count). The van der Waals surface area contributed by atoms with Gasteiger partial charge >= 0.3 is 5.97 Å². The molecule has 0 saturated carbocycles. The van der Waals surface area contributed by atoms with Crippen LogP contribution in [0.1, 0.15) is 38.7 Å². The molecule has 110 valence electrons. The van der Waals surface area contributed by atoms with E-state index < -0.39 is 11.5 Å². The fraction of sp³-hybridized carbons (Fsp3) is 0.562. The minimum atomic E-state index is -0.773. The lowest BCUT2D eigenvalue weighted by atomic mass is 9.91. The van der Waals surface area contributed by atoms with Crippen molar-refractivity contribution >= 4 is 5.97 Å². The van der Waals surface area contributed by atoms with Crippen molar-refractivity contribution in [2.75, 3.05) is 6.54 Å². The van der Waals surface area contributed by atoms with Crippen LogP contribution in [0.5, 0.6) is 0 Å². The Kier molecular flexibility index (Phi) is 4.43. The SMILES string of the molecule is CCC1(C(=O)O)CCCN1C(C)Cc1ccccc1F. The number of nitrogens with zero attached hydrogens (tertiary/aromatic N) is 1. The first-order chi connectivity index (χ1) is 9.51. The zero-order chi connectivity index (χ0) is 14.8. The van der Waals surface area contributed by atoms with E-state index >= 15 is 0 Å². The van der Waals surface area contributed by atoms with Crippen molar-refractivity contribution in [1.29, 1.82) is 0 Å². The van der Waals surface area contributed by atoms with Crippen molar-refractivity contribution < 1.29 is 14.3 Å². The lowest BCUT2D eigenvalue weighted by Gasteiger charge is -2.38. The van der Waals surface area contributed by atoms with Gasteiger partial charge in [-0.3, -0.25) is 9.69 Å². The standard InChI is InChI=1S/C16H22FNO2/c1-3-16(15(19)20)9-6-10-18(16)12(2)11-13-7-4-5-8-14(13)17/h4-5,7-8,12H,3,6,9-11H2,1-2H3,(H,19,20). The van der Waals surface area contributed by atoms with E-state index in [9.17, 15) is 14.3 Å². The average molecular weight is 279 g/mol. The summed E-state index contributed by atoms with van der Waals surface area (Å²) < 4.78 is 13.7. The van der Waals surface area contributed by atoms with Gasteiger partial charge in [0, 0.05) is 6.04 Å². The molecule has 1 aliphatic rings. The second kappa shape index (κ2) is 5.92. The lowest BCUT2D eigenvalue weighted by molar-refractivity contribution is -0.151. The van der Waals surface area contributed by atoms with E-state index in [4.69, 9.17) is 0 Å².